The third kappa shape index (κ3) is 5.36. The Morgan fingerprint density at radius 3 is 1.72 bits per heavy atom. The van der Waals surface area contributed by atoms with Crippen LogP contribution in [-0.2, 0) is 0 Å². The molecule has 1 aromatic heterocycles. The highest BCUT2D eigenvalue weighted by Gasteiger charge is 2.12. The van der Waals surface area contributed by atoms with Crippen molar-refractivity contribution in [2.24, 2.45) is 0 Å². The zero-order valence-electron chi connectivity index (χ0n) is 21.0. The molecule has 0 fully saturated rings. The molecule has 2 atom stereocenters. The van der Waals surface area contributed by atoms with Gasteiger partial charge in [0.05, 0.1) is 11.0 Å². The number of para-hydroxylation sites is 3. The highest BCUT2D eigenvalue weighted by atomic mass is 31.0. The predicted octanol–water partition coefficient (Wildman–Crippen LogP) is 9.58. The summed E-state index contributed by atoms with van der Waals surface area (Å²) in [6.45, 7) is 4.00. The van der Waals surface area contributed by atoms with Gasteiger partial charge in [0, 0.05) is 29.3 Å². The average molecular weight is 511 g/mol. The molecule has 5 aromatic carbocycles. The normalized spacial score (nSPS) is 10.1. The Kier molecular flexibility index (Phi) is 9.43. The van der Waals surface area contributed by atoms with Crippen LogP contribution in [0.15, 0.2) is 127 Å². The number of anilines is 2. The smallest absolute Gasteiger partial charge is 0.0541 e. The van der Waals surface area contributed by atoms with Gasteiger partial charge in [0.15, 0.2) is 0 Å². The summed E-state index contributed by atoms with van der Waals surface area (Å²) in [7, 11) is 0. The first-order chi connectivity index (χ1) is 16.9. The fourth-order valence-corrected chi connectivity index (χ4v) is 4.44. The van der Waals surface area contributed by atoms with Gasteiger partial charge in [-0.2, -0.15) is 19.8 Å². The number of nitrogens with zero attached hydrogens (tertiary/aromatic N) is 1. The van der Waals surface area contributed by atoms with Crippen LogP contribution in [0.25, 0.3) is 38.6 Å². The molecule has 0 saturated heterocycles. The number of hydrogen-bond acceptors (Lipinski definition) is 1. The van der Waals surface area contributed by atoms with Gasteiger partial charge >= 0.3 is 0 Å². The molecule has 0 radical (unpaired) electrons. The standard InChI is InChI=1S/C30H22N2.C2H6.2H3P.H2/c1-3-9-24(10-4-1)31-25-18-15-22(16-19-25)23-17-20-30-28(21-23)27-13-7-8-14-29(27)32(30)26-11-5-2-6-12-26;1-2;;;/h1-21,31H;1-2H3;2*1H3;1H. The summed E-state index contributed by atoms with van der Waals surface area (Å²) < 4.78 is 2.35. The third-order valence-corrected chi connectivity index (χ3v) is 5.97. The number of benzene rings is 5. The fourth-order valence-electron chi connectivity index (χ4n) is 4.44. The van der Waals surface area contributed by atoms with E-state index >= 15 is 0 Å². The molecule has 2 unspecified atom stereocenters. The zero-order chi connectivity index (χ0) is 23.3. The molecule has 0 saturated carbocycles. The lowest BCUT2D eigenvalue weighted by Crippen LogP contribution is -1.92. The predicted molar refractivity (Wildman–Crippen MR) is 172 cm³/mol. The molecule has 4 heteroatoms. The Balaban J connectivity index is 0.000000941. The van der Waals surface area contributed by atoms with Crippen LogP contribution in [-0.4, -0.2) is 4.57 Å². The van der Waals surface area contributed by atoms with E-state index in [1.807, 2.05) is 32.0 Å². The minimum absolute atomic E-state index is 0. The largest absolute Gasteiger partial charge is 0.356 e. The molecule has 1 heterocycles. The first-order valence-corrected chi connectivity index (χ1v) is 11.9. The first-order valence-electron chi connectivity index (χ1n) is 11.9. The Morgan fingerprint density at radius 2 is 1.03 bits per heavy atom. The molecule has 0 amide bonds. The molecular weight excluding hydrogens is 474 g/mol. The molecule has 0 spiro atoms. The highest BCUT2D eigenvalue weighted by Crippen LogP contribution is 2.35. The first kappa shape index (κ1) is 27.2. The minimum atomic E-state index is 0. The molecule has 36 heavy (non-hydrogen) atoms. The van der Waals surface area contributed by atoms with Crippen LogP contribution in [0.3, 0.4) is 0 Å². The summed E-state index contributed by atoms with van der Waals surface area (Å²) in [5.41, 5.74) is 8.25. The van der Waals surface area contributed by atoms with Crippen molar-refractivity contribution in [1.82, 2.24) is 4.57 Å². The van der Waals surface area contributed by atoms with E-state index in [0.717, 1.165) is 11.4 Å². The van der Waals surface area contributed by atoms with E-state index in [1.54, 1.807) is 0 Å². The van der Waals surface area contributed by atoms with Crippen LogP contribution < -0.4 is 5.32 Å². The van der Waals surface area contributed by atoms with Crippen molar-refractivity contribution in [3.05, 3.63) is 127 Å². The number of fused-ring (bicyclic) bond motifs is 3. The summed E-state index contributed by atoms with van der Waals surface area (Å²) >= 11 is 0. The topological polar surface area (TPSA) is 17.0 Å². The molecule has 0 aliphatic carbocycles. The van der Waals surface area contributed by atoms with Gasteiger partial charge < -0.3 is 9.88 Å². The van der Waals surface area contributed by atoms with Gasteiger partial charge in [0.25, 0.3) is 0 Å². The van der Waals surface area contributed by atoms with Gasteiger partial charge in [0.2, 0.25) is 0 Å². The fraction of sp³-hybridized carbons (Fsp3) is 0.0625. The van der Waals surface area contributed by atoms with Crippen molar-refractivity contribution < 1.29 is 1.43 Å². The molecule has 0 bridgehead atoms. The SMILES string of the molecule is CC.P.P.[HH].c1ccc(Nc2ccc(-c3ccc4c(c3)c3ccccc3n4-c3ccccc3)cc2)cc1. The van der Waals surface area contributed by atoms with Crippen LogP contribution in [0.5, 0.6) is 0 Å². The van der Waals surface area contributed by atoms with Crippen molar-refractivity contribution in [2.45, 2.75) is 13.8 Å². The maximum absolute atomic E-state index is 3.45. The molecule has 0 aliphatic heterocycles. The van der Waals surface area contributed by atoms with Gasteiger partial charge in [-0.1, -0.05) is 86.6 Å². The molecule has 2 nitrogen and oxygen atoms in total. The summed E-state index contributed by atoms with van der Waals surface area (Å²) in [5, 5.41) is 6.00. The Morgan fingerprint density at radius 1 is 0.500 bits per heavy atom. The summed E-state index contributed by atoms with van der Waals surface area (Å²) in [5.74, 6) is 0. The van der Waals surface area contributed by atoms with E-state index in [0.29, 0.717) is 0 Å². The lowest BCUT2D eigenvalue weighted by atomic mass is 10.0. The quantitative estimate of drug-likeness (QED) is 0.234. The second-order valence-electron chi connectivity index (χ2n) is 7.99. The zero-order valence-corrected chi connectivity index (χ0v) is 23.8. The van der Waals surface area contributed by atoms with Gasteiger partial charge in [-0.25, -0.2) is 0 Å². The van der Waals surface area contributed by atoms with Gasteiger partial charge in [0.1, 0.15) is 0 Å². The molecule has 6 rings (SSSR count). The minimum Gasteiger partial charge on any atom is -0.356 e. The Bertz CT molecular complexity index is 1530. The van der Waals surface area contributed by atoms with Gasteiger partial charge in [-0.3, -0.25) is 0 Å². The molecule has 1 N–H and O–H groups in total. The van der Waals surface area contributed by atoms with Gasteiger partial charge in [-0.05, 0) is 65.7 Å². The summed E-state index contributed by atoms with van der Waals surface area (Å²) in [4.78, 5) is 0. The molecule has 0 aliphatic rings. The van der Waals surface area contributed by atoms with Gasteiger partial charge in [-0.15, -0.1) is 0 Å². The van der Waals surface area contributed by atoms with Crippen molar-refractivity contribution in [3.8, 4) is 16.8 Å². The Hall–Kier alpha value is -3.44. The van der Waals surface area contributed by atoms with Crippen LogP contribution in [0.1, 0.15) is 15.3 Å². The average Bonchev–Trinajstić information content (AvgIpc) is 3.25. The summed E-state index contributed by atoms with van der Waals surface area (Å²) in [6, 6.07) is 44.9. The van der Waals surface area contributed by atoms with Crippen LogP contribution >= 0.6 is 19.8 Å². The molecule has 184 valence electrons. The van der Waals surface area contributed by atoms with Crippen molar-refractivity contribution in [3.63, 3.8) is 0 Å². The third-order valence-electron chi connectivity index (χ3n) is 5.97. The van der Waals surface area contributed by atoms with E-state index in [1.165, 1.54) is 38.6 Å². The van der Waals surface area contributed by atoms with E-state index in [9.17, 15) is 0 Å². The Labute approximate surface area is 222 Å². The van der Waals surface area contributed by atoms with E-state index in [-0.39, 0.29) is 21.2 Å². The second kappa shape index (κ2) is 12.5. The van der Waals surface area contributed by atoms with Crippen LogP contribution in [0.2, 0.25) is 0 Å². The second-order valence-corrected chi connectivity index (χ2v) is 7.99. The molecular formula is C32H36N2P2. The van der Waals surface area contributed by atoms with Crippen LogP contribution in [0, 0.1) is 0 Å². The number of rotatable bonds is 4. The highest BCUT2D eigenvalue weighted by molar-refractivity contribution is 6.92. The van der Waals surface area contributed by atoms with E-state index in [2.05, 4.69) is 119 Å². The lowest BCUT2D eigenvalue weighted by molar-refractivity contribution is 1.18. The van der Waals surface area contributed by atoms with Crippen molar-refractivity contribution in [1.29, 1.82) is 0 Å². The number of aromatic nitrogens is 1. The van der Waals surface area contributed by atoms with Crippen molar-refractivity contribution in [2.75, 3.05) is 5.32 Å². The van der Waals surface area contributed by atoms with E-state index < -0.39 is 0 Å². The summed E-state index contributed by atoms with van der Waals surface area (Å²) in [6.07, 6.45) is 0. The monoisotopic (exact) mass is 510 g/mol. The number of hydrogen-bond donors (Lipinski definition) is 1. The number of nitrogens with one attached hydrogen (secondary N) is 1. The van der Waals surface area contributed by atoms with Crippen LogP contribution in [0.4, 0.5) is 11.4 Å². The maximum Gasteiger partial charge on any atom is 0.0541 e. The lowest BCUT2D eigenvalue weighted by Gasteiger charge is -2.09. The molecule has 6 aromatic rings. The maximum atomic E-state index is 3.45. The van der Waals surface area contributed by atoms with Crippen molar-refractivity contribution >= 4 is 53.0 Å². The van der Waals surface area contributed by atoms with E-state index in [4.69, 9.17) is 0 Å².